The van der Waals surface area contributed by atoms with Gasteiger partial charge in [-0.3, -0.25) is 14.5 Å². The summed E-state index contributed by atoms with van der Waals surface area (Å²) in [5.74, 6) is -0.0640. The quantitative estimate of drug-likeness (QED) is 0.803. The minimum atomic E-state index is -0.139. The van der Waals surface area contributed by atoms with E-state index in [1.807, 2.05) is 0 Å². The van der Waals surface area contributed by atoms with Crippen LogP contribution in [0.1, 0.15) is 16.2 Å². The number of carbonyl (C=O) groups excluding carboxylic acids is 2. The molecule has 0 unspecified atom stereocenters. The Morgan fingerprint density at radius 1 is 1.24 bits per heavy atom. The smallest absolute Gasteiger partial charge is 0.284 e. The second kappa shape index (κ2) is 7.15. The summed E-state index contributed by atoms with van der Waals surface area (Å²) in [6.07, 6.45) is 0.832. The van der Waals surface area contributed by atoms with E-state index in [1.54, 1.807) is 23.9 Å². The molecule has 7 nitrogen and oxygen atoms in total. The monoisotopic (exact) mass is 331 g/mol. The number of rotatable bonds is 3. The lowest BCUT2D eigenvalue weighted by molar-refractivity contribution is -0.129. The van der Waals surface area contributed by atoms with Crippen LogP contribution in [0.5, 0.6) is 0 Å². The maximum Gasteiger partial charge on any atom is 0.284 e. The van der Waals surface area contributed by atoms with Gasteiger partial charge in [0.2, 0.25) is 15.4 Å². The van der Waals surface area contributed by atoms with Crippen LogP contribution >= 0.6 is 22.9 Å². The molecule has 0 atom stereocenters. The number of carbonyl (C=O) groups is 2. The molecule has 1 saturated heterocycles. The molecule has 21 heavy (non-hydrogen) atoms. The van der Waals surface area contributed by atoms with Gasteiger partial charge in [-0.05, 0) is 18.0 Å². The maximum atomic E-state index is 12.3. The van der Waals surface area contributed by atoms with E-state index in [-0.39, 0.29) is 16.3 Å². The van der Waals surface area contributed by atoms with Crippen LogP contribution in [0.4, 0.5) is 0 Å². The highest BCUT2D eigenvalue weighted by Crippen LogP contribution is 2.17. The summed E-state index contributed by atoms with van der Waals surface area (Å²) in [7, 11) is 3.49. The third-order valence-corrected chi connectivity index (χ3v) is 4.32. The van der Waals surface area contributed by atoms with Crippen molar-refractivity contribution in [3.63, 3.8) is 0 Å². The first-order valence-electron chi connectivity index (χ1n) is 6.68. The van der Waals surface area contributed by atoms with E-state index in [0.29, 0.717) is 31.2 Å². The van der Waals surface area contributed by atoms with Crippen LogP contribution in [0.3, 0.4) is 0 Å². The molecule has 1 fully saturated rings. The van der Waals surface area contributed by atoms with E-state index < -0.39 is 0 Å². The fourth-order valence-electron chi connectivity index (χ4n) is 2.09. The van der Waals surface area contributed by atoms with Crippen molar-refractivity contribution in [2.45, 2.75) is 6.42 Å². The lowest BCUT2D eigenvalue weighted by Crippen LogP contribution is -2.39. The molecule has 0 N–H and O–H groups in total. The number of aromatic nitrogens is 2. The highest BCUT2D eigenvalue weighted by molar-refractivity contribution is 7.17. The Kier molecular flexibility index (Phi) is 5.49. The van der Waals surface area contributed by atoms with Crippen LogP contribution in [0.15, 0.2) is 0 Å². The summed E-state index contributed by atoms with van der Waals surface area (Å²) in [5.41, 5.74) is 0. The fraction of sp³-hybridized carbons (Fsp3) is 0.667. The van der Waals surface area contributed by atoms with Crippen LogP contribution in [0, 0.1) is 0 Å². The Morgan fingerprint density at radius 2 is 2.00 bits per heavy atom. The Balaban J connectivity index is 1.91. The van der Waals surface area contributed by atoms with E-state index in [4.69, 9.17) is 11.6 Å². The highest BCUT2D eigenvalue weighted by Gasteiger charge is 2.24. The molecule has 9 heteroatoms. The van der Waals surface area contributed by atoms with Crippen LogP contribution in [0.25, 0.3) is 0 Å². The van der Waals surface area contributed by atoms with Crippen LogP contribution in [0.2, 0.25) is 4.47 Å². The van der Waals surface area contributed by atoms with Crippen molar-refractivity contribution in [3.05, 3.63) is 9.47 Å². The van der Waals surface area contributed by atoms with Crippen molar-refractivity contribution in [2.75, 3.05) is 46.8 Å². The van der Waals surface area contributed by atoms with E-state index in [9.17, 15) is 9.59 Å². The van der Waals surface area contributed by atoms with Crippen LogP contribution < -0.4 is 0 Å². The SMILES string of the molecule is CN(C)C(=O)CN1CCCN(C(=O)c2nnc(Cl)s2)CC1. The van der Waals surface area contributed by atoms with Gasteiger partial charge in [-0.2, -0.15) is 0 Å². The second-order valence-corrected chi connectivity index (χ2v) is 6.63. The Labute approximate surface area is 132 Å². The Bertz CT molecular complexity index is 522. The van der Waals surface area contributed by atoms with Crippen molar-refractivity contribution >= 4 is 34.8 Å². The Hall–Kier alpha value is -1.25. The predicted molar refractivity (Wildman–Crippen MR) is 80.6 cm³/mol. The molecular formula is C12H18ClN5O2S. The lowest BCUT2D eigenvalue weighted by atomic mass is 10.3. The molecule has 1 aliphatic rings. The first-order chi connectivity index (χ1) is 9.97. The third-order valence-electron chi connectivity index (χ3n) is 3.32. The molecular weight excluding hydrogens is 314 g/mol. The maximum absolute atomic E-state index is 12.3. The molecule has 1 aliphatic heterocycles. The van der Waals surface area contributed by atoms with Crippen LogP contribution in [-0.4, -0.2) is 83.5 Å². The molecule has 0 aromatic carbocycles. The van der Waals surface area contributed by atoms with Crippen molar-refractivity contribution in [1.29, 1.82) is 0 Å². The molecule has 0 bridgehead atoms. The van der Waals surface area contributed by atoms with Crippen molar-refractivity contribution < 1.29 is 9.59 Å². The van der Waals surface area contributed by atoms with Gasteiger partial charge in [0.05, 0.1) is 6.54 Å². The first-order valence-corrected chi connectivity index (χ1v) is 7.87. The van der Waals surface area contributed by atoms with E-state index in [0.717, 1.165) is 24.3 Å². The third kappa shape index (κ3) is 4.36. The van der Waals surface area contributed by atoms with Crippen molar-refractivity contribution in [3.8, 4) is 0 Å². The summed E-state index contributed by atoms with van der Waals surface area (Å²) in [5, 5.41) is 7.76. The van der Waals surface area contributed by atoms with Gasteiger partial charge in [0, 0.05) is 40.3 Å². The average molecular weight is 332 g/mol. The molecule has 2 rings (SSSR count). The van der Waals surface area contributed by atoms with E-state index in [2.05, 4.69) is 15.1 Å². The molecule has 2 amide bonds. The van der Waals surface area contributed by atoms with Gasteiger partial charge < -0.3 is 9.80 Å². The minimum absolute atomic E-state index is 0.0747. The number of hydrogen-bond donors (Lipinski definition) is 0. The van der Waals surface area contributed by atoms with Crippen LogP contribution in [-0.2, 0) is 4.79 Å². The van der Waals surface area contributed by atoms with Gasteiger partial charge >= 0.3 is 0 Å². The summed E-state index contributed by atoms with van der Waals surface area (Å²) in [6, 6.07) is 0. The molecule has 1 aromatic heterocycles. The summed E-state index contributed by atoms with van der Waals surface area (Å²) in [6.45, 7) is 3.11. The lowest BCUT2D eigenvalue weighted by Gasteiger charge is -2.22. The normalized spacial score (nSPS) is 16.6. The molecule has 0 radical (unpaired) electrons. The topological polar surface area (TPSA) is 69.6 Å². The molecule has 0 aliphatic carbocycles. The van der Waals surface area contributed by atoms with Gasteiger partial charge in [-0.25, -0.2) is 0 Å². The van der Waals surface area contributed by atoms with Gasteiger partial charge in [-0.15, -0.1) is 10.2 Å². The molecule has 2 heterocycles. The standard InChI is InChI=1S/C12H18ClN5O2S/c1-16(2)9(19)8-17-4-3-5-18(7-6-17)11(20)10-14-15-12(13)21-10/h3-8H2,1-2H3. The Morgan fingerprint density at radius 3 is 2.62 bits per heavy atom. The first kappa shape index (κ1) is 16.1. The van der Waals surface area contributed by atoms with E-state index in [1.165, 1.54) is 0 Å². The number of hydrogen-bond acceptors (Lipinski definition) is 6. The average Bonchev–Trinajstić information content (AvgIpc) is 2.74. The van der Waals surface area contributed by atoms with Crippen molar-refractivity contribution in [1.82, 2.24) is 24.9 Å². The van der Waals surface area contributed by atoms with Gasteiger partial charge in [0.1, 0.15) is 0 Å². The molecule has 116 valence electrons. The fourth-order valence-corrected chi connectivity index (χ4v) is 2.89. The highest BCUT2D eigenvalue weighted by atomic mass is 35.5. The zero-order valence-corrected chi connectivity index (χ0v) is 13.7. The molecule has 0 spiro atoms. The number of halogens is 1. The zero-order chi connectivity index (χ0) is 15.4. The summed E-state index contributed by atoms with van der Waals surface area (Å²) < 4.78 is 0.270. The van der Waals surface area contributed by atoms with Gasteiger partial charge in [0.15, 0.2) is 0 Å². The van der Waals surface area contributed by atoms with Gasteiger partial charge in [-0.1, -0.05) is 11.3 Å². The minimum Gasteiger partial charge on any atom is -0.348 e. The summed E-state index contributed by atoms with van der Waals surface area (Å²) >= 11 is 6.80. The second-order valence-electron chi connectivity index (χ2n) is 5.07. The largest absolute Gasteiger partial charge is 0.348 e. The predicted octanol–water partition coefficient (Wildman–Crippen LogP) is 0.428. The van der Waals surface area contributed by atoms with Crippen molar-refractivity contribution in [2.24, 2.45) is 0 Å². The summed E-state index contributed by atoms with van der Waals surface area (Å²) in [4.78, 5) is 29.4. The number of nitrogens with zero attached hydrogens (tertiary/aromatic N) is 5. The number of amides is 2. The van der Waals surface area contributed by atoms with E-state index >= 15 is 0 Å². The van der Waals surface area contributed by atoms with Gasteiger partial charge in [0.25, 0.3) is 5.91 Å². The molecule has 1 aromatic rings. The zero-order valence-electron chi connectivity index (χ0n) is 12.1. The molecule has 0 saturated carbocycles. The number of likely N-dealkylation sites (N-methyl/N-ethyl adjacent to an activating group) is 1.